The maximum atomic E-state index is 13.5. The minimum atomic E-state index is -0.430. The predicted molar refractivity (Wildman–Crippen MR) is 85.4 cm³/mol. The van der Waals surface area contributed by atoms with E-state index in [0.29, 0.717) is 21.0 Å². The molecule has 0 amide bonds. The van der Waals surface area contributed by atoms with Gasteiger partial charge in [0.05, 0.1) is 17.3 Å². The summed E-state index contributed by atoms with van der Waals surface area (Å²) in [6, 6.07) is 4.48. The van der Waals surface area contributed by atoms with Gasteiger partial charge >= 0.3 is 0 Å². The van der Waals surface area contributed by atoms with E-state index < -0.39 is 5.82 Å². The van der Waals surface area contributed by atoms with Crippen molar-refractivity contribution in [1.82, 2.24) is 9.97 Å². The van der Waals surface area contributed by atoms with Gasteiger partial charge in [-0.1, -0.05) is 32.4 Å². The Morgan fingerprint density at radius 1 is 1.24 bits per heavy atom. The third kappa shape index (κ3) is 3.35. The number of ether oxygens (including phenoxy) is 1. The fraction of sp³-hybridized carbons (Fsp3) is 0.333. The lowest BCUT2D eigenvalue weighted by molar-refractivity contribution is 0.386. The summed E-state index contributed by atoms with van der Waals surface area (Å²) in [6.07, 6.45) is 0. The standard InChI is InChI=1S/C15H15BrClFN2O/c1-15(2,3)12-11(16)13(17)20-14(19-12)8-5-6-9(18)10(7-8)21-4/h5-7H,1-4H3. The zero-order valence-electron chi connectivity index (χ0n) is 12.2. The van der Waals surface area contributed by atoms with Crippen LogP contribution in [0.4, 0.5) is 4.39 Å². The molecular weight excluding hydrogens is 359 g/mol. The summed E-state index contributed by atoms with van der Waals surface area (Å²) in [5.41, 5.74) is 1.23. The van der Waals surface area contributed by atoms with Crippen LogP contribution in [-0.4, -0.2) is 17.1 Å². The van der Waals surface area contributed by atoms with Crippen LogP contribution in [0.25, 0.3) is 11.4 Å². The van der Waals surface area contributed by atoms with E-state index in [-0.39, 0.29) is 11.2 Å². The van der Waals surface area contributed by atoms with Crippen LogP contribution in [0.3, 0.4) is 0 Å². The van der Waals surface area contributed by atoms with Crippen molar-refractivity contribution >= 4 is 27.5 Å². The Labute approximate surface area is 136 Å². The molecule has 6 heteroatoms. The number of benzene rings is 1. The van der Waals surface area contributed by atoms with Crippen LogP contribution < -0.4 is 4.74 Å². The summed E-state index contributed by atoms with van der Waals surface area (Å²) in [4.78, 5) is 8.81. The van der Waals surface area contributed by atoms with Crippen molar-refractivity contribution in [2.24, 2.45) is 0 Å². The summed E-state index contributed by atoms with van der Waals surface area (Å²) in [7, 11) is 1.41. The Morgan fingerprint density at radius 3 is 2.48 bits per heavy atom. The van der Waals surface area contributed by atoms with Crippen molar-refractivity contribution in [2.45, 2.75) is 26.2 Å². The minimum Gasteiger partial charge on any atom is -0.494 e. The fourth-order valence-electron chi connectivity index (χ4n) is 1.84. The molecule has 0 atom stereocenters. The number of rotatable bonds is 2. The van der Waals surface area contributed by atoms with E-state index in [0.717, 1.165) is 5.69 Å². The van der Waals surface area contributed by atoms with E-state index in [9.17, 15) is 4.39 Å². The smallest absolute Gasteiger partial charge is 0.165 e. The summed E-state index contributed by atoms with van der Waals surface area (Å²) in [6.45, 7) is 6.10. The van der Waals surface area contributed by atoms with Crippen LogP contribution in [0.5, 0.6) is 5.75 Å². The lowest BCUT2D eigenvalue weighted by atomic mass is 9.92. The molecule has 1 aromatic heterocycles. The minimum absolute atomic E-state index is 0.146. The number of halogens is 3. The molecule has 0 aliphatic rings. The Kier molecular flexibility index (Phi) is 4.54. The van der Waals surface area contributed by atoms with E-state index in [2.05, 4.69) is 25.9 Å². The van der Waals surface area contributed by atoms with Crippen molar-refractivity contribution in [3.05, 3.63) is 39.3 Å². The second-order valence-corrected chi connectivity index (χ2v) is 6.75. The van der Waals surface area contributed by atoms with Gasteiger partial charge in [0.2, 0.25) is 0 Å². The fourth-order valence-corrected chi connectivity index (χ4v) is 2.79. The van der Waals surface area contributed by atoms with Gasteiger partial charge in [-0.25, -0.2) is 14.4 Å². The Bertz CT molecular complexity index is 686. The lowest BCUT2D eigenvalue weighted by Gasteiger charge is -2.20. The first-order valence-corrected chi connectivity index (χ1v) is 7.48. The molecule has 2 rings (SSSR count). The van der Waals surface area contributed by atoms with E-state index >= 15 is 0 Å². The average molecular weight is 374 g/mol. The van der Waals surface area contributed by atoms with Crippen LogP contribution in [0.1, 0.15) is 26.5 Å². The average Bonchev–Trinajstić information content (AvgIpc) is 2.41. The van der Waals surface area contributed by atoms with Gasteiger partial charge < -0.3 is 4.74 Å². The van der Waals surface area contributed by atoms with Crippen LogP contribution in [0.15, 0.2) is 22.7 Å². The van der Waals surface area contributed by atoms with Crippen LogP contribution in [-0.2, 0) is 5.41 Å². The second kappa shape index (κ2) is 5.89. The maximum Gasteiger partial charge on any atom is 0.165 e. The highest BCUT2D eigenvalue weighted by Crippen LogP contribution is 2.34. The van der Waals surface area contributed by atoms with Gasteiger partial charge in [-0.05, 0) is 34.1 Å². The normalized spacial score (nSPS) is 11.6. The third-order valence-electron chi connectivity index (χ3n) is 2.93. The molecule has 0 aliphatic heterocycles. The zero-order valence-corrected chi connectivity index (χ0v) is 14.5. The Morgan fingerprint density at radius 2 is 1.90 bits per heavy atom. The Balaban J connectivity index is 2.62. The van der Waals surface area contributed by atoms with Gasteiger partial charge in [-0.3, -0.25) is 0 Å². The molecule has 0 fully saturated rings. The van der Waals surface area contributed by atoms with Gasteiger partial charge in [0.25, 0.3) is 0 Å². The maximum absolute atomic E-state index is 13.5. The zero-order chi connectivity index (χ0) is 15.8. The molecule has 0 bridgehead atoms. The van der Waals surface area contributed by atoms with E-state index in [1.807, 2.05) is 20.8 Å². The molecule has 0 spiro atoms. The second-order valence-electron chi connectivity index (χ2n) is 5.60. The highest BCUT2D eigenvalue weighted by Gasteiger charge is 2.23. The molecule has 3 nitrogen and oxygen atoms in total. The van der Waals surface area contributed by atoms with E-state index in [4.69, 9.17) is 16.3 Å². The molecule has 0 radical (unpaired) electrons. The summed E-state index contributed by atoms with van der Waals surface area (Å²) >= 11 is 9.60. The molecule has 0 saturated carbocycles. The molecule has 0 aliphatic carbocycles. The third-order valence-corrected chi connectivity index (χ3v) is 4.18. The van der Waals surface area contributed by atoms with Crippen LogP contribution in [0.2, 0.25) is 5.15 Å². The highest BCUT2D eigenvalue weighted by molar-refractivity contribution is 9.10. The number of nitrogens with zero attached hydrogens (tertiary/aromatic N) is 2. The monoisotopic (exact) mass is 372 g/mol. The number of methoxy groups -OCH3 is 1. The van der Waals surface area contributed by atoms with Gasteiger partial charge in [-0.15, -0.1) is 0 Å². The number of hydrogen-bond donors (Lipinski definition) is 0. The molecule has 0 unspecified atom stereocenters. The van der Waals surface area contributed by atoms with Gasteiger partial charge in [0.15, 0.2) is 17.4 Å². The van der Waals surface area contributed by atoms with E-state index in [1.54, 1.807) is 12.1 Å². The molecule has 0 N–H and O–H groups in total. The molecule has 1 heterocycles. The van der Waals surface area contributed by atoms with Crippen molar-refractivity contribution in [2.75, 3.05) is 7.11 Å². The Hall–Kier alpha value is -1.20. The first-order chi connectivity index (χ1) is 9.74. The summed E-state index contributed by atoms with van der Waals surface area (Å²) < 4.78 is 19.2. The molecular formula is C15H15BrClFN2O. The van der Waals surface area contributed by atoms with Crippen molar-refractivity contribution in [3.63, 3.8) is 0 Å². The van der Waals surface area contributed by atoms with E-state index in [1.165, 1.54) is 13.2 Å². The number of hydrogen-bond acceptors (Lipinski definition) is 3. The van der Waals surface area contributed by atoms with Crippen molar-refractivity contribution < 1.29 is 9.13 Å². The molecule has 112 valence electrons. The van der Waals surface area contributed by atoms with Gasteiger partial charge in [0, 0.05) is 11.0 Å². The SMILES string of the molecule is COc1cc(-c2nc(Cl)c(Br)c(C(C)(C)C)n2)ccc1F. The first kappa shape index (κ1) is 16.2. The molecule has 1 aromatic carbocycles. The summed E-state index contributed by atoms with van der Waals surface area (Å²) in [5, 5.41) is 0.327. The molecule has 21 heavy (non-hydrogen) atoms. The largest absolute Gasteiger partial charge is 0.494 e. The summed E-state index contributed by atoms with van der Waals surface area (Å²) in [5.74, 6) is 0.152. The van der Waals surface area contributed by atoms with Crippen LogP contribution >= 0.6 is 27.5 Å². The first-order valence-electron chi connectivity index (χ1n) is 6.31. The molecule has 2 aromatic rings. The quantitative estimate of drug-likeness (QED) is 0.694. The predicted octanol–water partition coefficient (Wildman–Crippen LogP) is 5.00. The molecule has 0 saturated heterocycles. The highest BCUT2D eigenvalue weighted by atomic mass is 79.9. The van der Waals surface area contributed by atoms with Crippen LogP contribution in [0, 0.1) is 5.82 Å². The van der Waals surface area contributed by atoms with Gasteiger partial charge in [-0.2, -0.15) is 0 Å². The topological polar surface area (TPSA) is 35.0 Å². The van der Waals surface area contributed by atoms with Crippen molar-refractivity contribution in [3.8, 4) is 17.1 Å². The van der Waals surface area contributed by atoms with Gasteiger partial charge in [0.1, 0.15) is 5.15 Å². The van der Waals surface area contributed by atoms with Crippen molar-refractivity contribution in [1.29, 1.82) is 0 Å². The lowest BCUT2D eigenvalue weighted by Crippen LogP contribution is -2.16. The number of aromatic nitrogens is 2.